The molecule has 0 radical (unpaired) electrons. The number of sulfonamides is 1. The smallest absolute Gasteiger partial charge is 0.409 e. The van der Waals surface area contributed by atoms with Crippen LogP contribution in [0.4, 0.5) is 4.79 Å². The zero-order chi connectivity index (χ0) is 20.7. The Kier molecular flexibility index (Phi) is 7.35. The van der Waals surface area contributed by atoms with Crippen molar-refractivity contribution in [2.24, 2.45) is 5.14 Å². The van der Waals surface area contributed by atoms with Crippen molar-refractivity contribution in [3.8, 4) is 0 Å². The van der Waals surface area contributed by atoms with Crippen molar-refractivity contribution in [3.63, 3.8) is 0 Å². The summed E-state index contributed by atoms with van der Waals surface area (Å²) in [5.41, 5.74) is 0.622. The minimum absolute atomic E-state index is 0.0329. The third kappa shape index (κ3) is 6.20. The average molecular weight is 412 g/mol. The van der Waals surface area contributed by atoms with Crippen LogP contribution in [-0.4, -0.2) is 57.0 Å². The molecule has 2 rings (SSSR count). The van der Waals surface area contributed by atoms with Gasteiger partial charge in [-0.15, -0.1) is 0 Å². The number of piperidine rings is 1. The number of carbonyl (C=O) groups is 3. The van der Waals surface area contributed by atoms with Crippen LogP contribution in [0.25, 0.3) is 0 Å². The first-order valence-corrected chi connectivity index (χ1v) is 10.4. The quantitative estimate of drug-likeness (QED) is 0.565. The van der Waals surface area contributed by atoms with Crippen LogP contribution in [0.15, 0.2) is 29.2 Å². The van der Waals surface area contributed by atoms with Gasteiger partial charge in [0.2, 0.25) is 10.0 Å². The molecule has 1 heterocycles. The van der Waals surface area contributed by atoms with E-state index in [1.54, 1.807) is 11.8 Å². The summed E-state index contributed by atoms with van der Waals surface area (Å²) in [4.78, 5) is 37.1. The number of nitrogens with one attached hydrogen (secondary N) is 2. The summed E-state index contributed by atoms with van der Waals surface area (Å²) < 4.78 is 27.3. The van der Waals surface area contributed by atoms with Gasteiger partial charge in [0, 0.05) is 25.7 Å². The van der Waals surface area contributed by atoms with Crippen LogP contribution in [-0.2, 0) is 30.9 Å². The highest BCUT2D eigenvalue weighted by atomic mass is 32.2. The molecule has 10 nitrogen and oxygen atoms in total. The zero-order valence-corrected chi connectivity index (χ0v) is 16.3. The van der Waals surface area contributed by atoms with E-state index in [9.17, 15) is 22.8 Å². The van der Waals surface area contributed by atoms with Gasteiger partial charge >= 0.3 is 17.9 Å². The number of primary sulfonamides is 1. The molecule has 1 aromatic carbocycles. The summed E-state index contributed by atoms with van der Waals surface area (Å²) in [5.74, 6) is -1.54. The molecule has 0 atom stereocenters. The number of rotatable bonds is 5. The number of likely N-dealkylation sites (tertiary alicyclic amines) is 1. The van der Waals surface area contributed by atoms with Crippen LogP contribution in [0.2, 0.25) is 0 Å². The van der Waals surface area contributed by atoms with Crippen molar-refractivity contribution >= 4 is 27.9 Å². The predicted octanol–water partition coefficient (Wildman–Crippen LogP) is -0.313. The van der Waals surface area contributed by atoms with Crippen LogP contribution < -0.4 is 15.8 Å². The molecule has 0 spiro atoms. The fraction of sp³-hybridized carbons (Fsp3) is 0.471. The van der Waals surface area contributed by atoms with Gasteiger partial charge in [-0.25, -0.2) is 18.4 Å². The average Bonchev–Trinajstić information content (AvgIpc) is 2.66. The van der Waals surface area contributed by atoms with E-state index in [0.29, 0.717) is 38.1 Å². The summed E-state index contributed by atoms with van der Waals surface area (Å²) >= 11 is 0. The molecule has 0 unspecified atom stereocenters. The molecule has 1 saturated heterocycles. The summed E-state index contributed by atoms with van der Waals surface area (Å²) in [6, 6.07) is 5.46. The number of ether oxygens (including phenoxy) is 1. The third-order valence-electron chi connectivity index (χ3n) is 4.27. The standard InChI is InChI=1S/C17H24N4O6S/c1-2-27-17(24)21-9-7-13(8-10-21)20-16(23)15(22)19-11-12-3-5-14(6-4-12)28(18,25)26/h3-6,13H,2,7-11H2,1H3,(H,19,22)(H,20,23)(H2,18,25,26). The van der Waals surface area contributed by atoms with E-state index in [2.05, 4.69) is 10.6 Å². The highest BCUT2D eigenvalue weighted by Gasteiger charge is 2.26. The molecule has 1 aliphatic heterocycles. The minimum Gasteiger partial charge on any atom is -0.450 e. The molecule has 154 valence electrons. The van der Waals surface area contributed by atoms with E-state index < -0.39 is 21.8 Å². The Morgan fingerprint density at radius 3 is 2.29 bits per heavy atom. The van der Waals surface area contributed by atoms with Gasteiger partial charge in [-0.1, -0.05) is 12.1 Å². The molecular formula is C17H24N4O6S. The van der Waals surface area contributed by atoms with Crippen molar-refractivity contribution in [1.82, 2.24) is 15.5 Å². The molecule has 1 fully saturated rings. The number of hydrogen-bond acceptors (Lipinski definition) is 6. The van der Waals surface area contributed by atoms with Gasteiger partial charge in [-0.05, 0) is 37.5 Å². The zero-order valence-electron chi connectivity index (χ0n) is 15.5. The van der Waals surface area contributed by atoms with Gasteiger partial charge < -0.3 is 20.3 Å². The summed E-state index contributed by atoms with van der Waals surface area (Å²) in [5, 5.41) is 10.1. The molecule has 0 aromatic heterocycles. The fourth-order valence-electron chi connectivity index (χ4n) is 2.73. The maximum absolute atomic E-state index is 12.0. The second kappa shape index (κ2) is 9.51. The Labute approximate surface area is 163 Å². The number of amides is 3. The second-order valence-electron chi connectivity index (χ2n) is 6.31. The molecule has 0 saturated carbocycles. The number of nitrogens with two attached hydrogens (primary N) is 1. The van der Waals surface area contributed by atoms with Crippen LogP contribution in [0.5, 0.6) is 0 Å². The van der Waals surface area contributed by atoms with E-state index >= 15 is 0 Å². The maximum Gasteiger partial charge on any atom is 0.409 e. The number of carbonyl (C=O) groups excluding carboxylic acids is 3. The number of nitrogens with zero attached hydrogens (tertiary/aromatic N) is 1. The summed E-state index contributed by atoms with van der Waals surface area (Å²) in [6.45, 7) is 3.00. The first-order chi connectivity index (χ1) is 13.2. The largest absolute Gasteiger partial charge is 0.450 e. The number of benzene rings is 1. The first-order valence-electron chi connectivity index (χ1n) is 8.83. The van der Waals surface area contributed by atoms with Crippen LogP contribution in [0.1, 0.15) is 25.3 Å². The van der Waals surface area contributed by atoms with Crippen molar-refractivity contribution in [1.29, 1.82) is 0 Å². The van der Waals surface area contributed by atoms with Gasteiger partial charge in [0.1, 0.15) is 0 Å². The monoisotopic (exact) mass is 412 g/mol. The minimum atomic E-state index is -3.78. The summed E-state index contributed by atoms with van der Waals surface area (Å²) in [7, 11) is -3.78. The van der Waals surface area contributed by atoms with Gasteiger partial charge in [-0.3, -0.25) is 9.59 Å². The van der Waals surface area contributed by atoms with Crippen LogP contribution in [0.3, 0.4) is 0 Å². The van der Waals surface area contributed by atoms with Crippen LogP contribution in [0, 0.1) is 0 Å². The van der Waals surface area contributed by atoms with Crippen molar-refractivity contribution in [2.45, 2.75) is 37.2 Å². The molecule has 28 heavy (non-hydrogen) atoms. The Balaban J connectivity index is 1.76. The molecule has 0 bridgehead atoms. The molecule has 1 aliphatic rings. The summed E-state index contributed by atoms with van der Waals surface area (Å²) in [6.07, 6.45) is 0.693. The molecule has 0 aliphatic carbocycles. The lowest BCUT2D eigenvalue weighted by molar-refractivity contribution is -0.139. The fourth-order valence-corrected chi connectivity index (χ4v) is 3.25. The van der Waals surface area contributed by atoms with Gasteiger partial charge in [-0.2, -0.15) is 0 Å². The Morgan fingerprint density at radius 1 is 1.14 bits per heavy atom. The Morgan fingerprint density at radius 2 is 1.75 bits per heavy atom. The lowest BCUT2D eigenvalue weighted by atomic mass is 10.1. The second-order valence-corrected chi connectivity index (χ2v) is 7.87. The van der Waals surface area contributed by atoms with Crippen molar-refractivity contribution in [3.05, 3.63) is 29.8 Å². The van der Waals surface area contributed by atoms with E-state index in [1.165, 1.54) is 24.3 Å². The van der Waals surface area contributed by atoms with E-state index in [0.717, 1.165) is 0 Å². The Hall–Kier alpha value is -2.66. The van der Waals surface area contributed by atoms with Gasteiger partial charge in [0.05, 0.1) is 11.5 Å². The molecule has 1 aromatic rings. The SMILES string of the molecule is CCOC(=O)N1CCC(NC(=O)C(=O)NCc2ccc(S(N)(=O)=O)cc2)CC1. The topological polar surface area (TPSA) is 148 Å². The van der Waals surface area contributed by atoms with Crippen molar-refractivity contribution in [2.75, 3.05) is 19.7 Å². The number of hydrogen-bond donors (Lipinski definition) is 3. The van der Waals surface area contributed by atoms with E-state index in [-0.39, 0.29) is 23.6 Å². The van der Waals surface area contributed by atoms with E-state index in [1.807, 2.05) is 0 Å². The lowest BCUT2D eigenvalue weighted by Gasteiger charge is -2.31. The van der Waals surface area contributed by atoms with E-state index in [4.69, 9.17) is 9.88 Å². The predicted molar refractivity (Wildman–Crippen MR) is 99.4 cm³/mol. The maximum atomic E-state index is 12.0. The molecule has 4 N–H and O–H groups in total. The van der Waals surface area contributed by atoms with Gasteiger partial charge in [0.25, 0.3) is 0 Å². The first kappa shape index (κ1) is 21.6. The third-order valence-corrected chi connectivity index (χ3v) is 5.20. The van der Waals surface area contributed by atoms with Crippen molar-refractivity contribution < 1.29 is 27.5 Å². The highest BCUT2D eigenvalue weighted by molar-refractivity contribution is 7.89. The highest BCUT2D eigenvalue weighted by Crippen LogP contribution is 2.12. The molecule has 11 heteroatoms. The van der Waals surface area contributed by atoms with Gasteiger partial charge in [0.15, 0.2) is 0 Å². The Bertz CT molecular complexity index is 817. The van der Waals surface area contributed by atoms with Crippen LogP contribution >= 0.6 is 0 Å². The molecule has 3 amide bonds. The lowest BCUT2D eigenvalue weighted by Crippen LogP contribution is -2.50. The normalized spacial score (nSPS) is 15.0. The molecular weight excluding hydrogens is 388 g/mol.